The number of rotatable bonds is 6. The minimum Gasteiger partial charge on any atom is -0.351 e. The van der Waals surface area contributed by atoms with E-state index in [1.54, 1.807) is 18.0 Å². The summed E-state index contributed by atoms with van der Waals surface area (Å²) in [7, 11) is 1.71. The van der Waals surface area contributed by atoms with E-state index in [0.717, 1.165) is 12.1 Å². The molecule has 0 saturated heterocycles. The third-order valence-electron chi connectivity index (χ3n) is 3.69. The summed E-state index contributed by atoms with van der Waals surface area (Å²) >= 11 is 0. The van der Waals surface area contributed by atoms with Crippen LogP contribution in [0, 0.1) is 5.92 Å². The van der Waals surface area contributed by atoms with Crippen molar-refractivity contribution >= 4 is 17.5 Å². The van der Waals surface area contributed by atoms with Crippen LogP contribution in [-0.4, -0.2) is 30.4 Å². The lowest BCUT2D eigenvalue weighted by atomic mass is 10.1. The average molecular weight is 325 g/mol. The van der Waals surface area contributed by atoms with Crippen LogP contribution < -0.4 is 10.2 Å². The van der Waals surface area contributed by atoms with Crippen molar-refractivity contribution in [1.29, 1.82) is 0 Å². The zero-order valence-electron chi connectivity index (χ0n) is 14.3. The van der Waals surface area contributed by atoms with Crippen molar-refractivity contribution in [1.82, 2.24) is 10.3 Å². The van der Waals surface area contributed by atoms with Gasteiger partial charge in [-0.1, -0.05) is 32.0 Å². The second-order valence-corrected chi connectivity index (χ2v) is 6.07. The summed E-state index contributed by atoms with van der Waals surface area (Å²) in [5.41, 5.74) is 1.48. The van der Waals surface area contributed by atoms with Crippen molar-refractivity contribution in [3.05, 3.63) is 59.9 Å². The summed E-state index contributed by atoms with van der Waals surface area (Å²) in [6.07, 6.45) is 2.39. The standard InChI is InChI=1S/C19H23N3O2/c1-14(2)9-11-21-18(23)17-13-15(10-12-20-17)19(24)22(3)16-7-5-4-6-8-16/h4-8,10,12-14H,9,11H2,1-3H3,(H,21,23). The highest BCUT2D eigenvalue weighted by Crippen LogP contribution is 2.15. The summed E-state index contributed by atoms with van der Waals surface area (Å²) in [6, 6.07) is 12.5. The number of carbonyl (C=O) groups is 2. The van der Waals surface area contributed by atoms with E-state index in [4.69, 9.17) is 0 Å². The lowest BCUT2D eigenvalue weighted by Gasteiger charge is -2.17. The van der Waals surface area contributed by atoms with Gasteiger partial charge < -0.3 is 10.2 Å². The average Bonchev–Trinajstić information content (AvgIpc) is 2.61. The maximum absolute atomic E-state index is 12.6. The van der Waals surface area contributed by atoms with E-state index in [2.05, 4.69) is 24.1 Å². The Bertz CT molecular complexity index is 699. The third kappa shape index (κ3) is 4.65. The molecule has 1 aromatic carbocycles. The Hall–Kier alpha value is -2.69. The molecule has 0 radical (unpaired) electrons. The molecule has 0 atom stereocenters. The number of hydrogen-bond donors (Lipinski definition) is 1. The van der Waals surface area contributed by atoms with E-state index < -0.39 is 0 Å². The van der Waals surface area contributed by atoms with Crippen molar-refractivity contribution in [3.63, 3.8) is 0 Å². The van der Waals surface area contributed by atoms with Crippen LogP contribution in [0.15, 0.2) is 48.7 Å². The minimum atomic E-state index is -0.257. The van der Waals surface area contributed by atoms with E-state index in [1.165, 1.54) is 12.3 Å². The number of anilines is 1. The van der Waals surface area contributed by atoms with Gasteiger partial charge in [-0.25, -0.2) is 0 Å². The zero-order chi connectivity index (χ0) is 17.5. The minimum absolute atomic E-state index is 0.181. The highest BCUT2D eigenvalue weighted by Gasteiger charge is 2.16. The number of pyridine rings is 1. The molecule has 0 bridgehead atoms. The van der Waals surface area contributed by atoms with Crippen LogP contribution in [0.5, 0.6) is 0 Å². The second-order valence-electron chi connectivity index (χ2n) is 6.07. The number of para-hydroxylation sites is 1. The monoisotopic (exact) mass is 325 g/mol. The molecule has 1 aromatic heterocycles. The van der Waals surface area contributed by atoms with Crippen LogP contribution in [0.3, 0.4) is 0 Å². The van der Waals surface area contributed by atoms with Gasteiger partial charge in [-0.05, 0) is 36.6 Å². The highest BCUT2D eigenvalue weighted by molar-refractivity contribution is 6.06. The van der Waals surface area contributed by atoms with E-state index in [-0.39, 0.29) is 17.5 Å². The van der Waals surface area contributed by atoms with E-state index >= 15 is 0 Å². The molecule has 0 saturated carbocycles. The Morgan fingerprint density at radius 2 is 1.88 bits per heavy atom. The number of benzene rings is 1. The Morgan fingerprint density at radius 1 is 1.17 bits per heavy atom. The summed E-state index contributed by atoms with van der Waals surface area (Å²) in [5, 5.41) is 2.83. The number of aromatic nitrogens is 1. The molecule has 1 heterocycles. The van der Waals surface area contributed by atoms with Gasteiger partial charge in [0, 0.05) is 31.0 Å². The number of nitrogens with one attached hydrogen (secondary N) is 1. The van der Waals surface area contributed by atoms with Crippen molar-refractivity contribution in [2.75, 3.05) is 18.5 Å². The lowest BCUT2D eigenvalue weighted by Crippen LogP contribution is -2.28. The summed E-state index contributed by atoms with van der Waals surface area (Å²) in [6.45, 7) is 4.80. The van der Waals surface area contributed by atoms with Crippen LogP contribution in [0.25, 0.3) is 0 Å². The van der Waals surface area contributed by atoms with Crippen LogP contribution in [0.1, 0.15) is 41.1 Å². The quantitative estimate of drug-likeness (QED) is 0.887. The largest absolute Gasteiger partial charge is 0.351 e. The molecule has 5 nitrogen and oxygen atoms in total. The van der Waals surface area contributed by atoms with Crippen LogP contribution >= 0.6 is 0 Å². The maximum Gasteiger partial charge on any atom is 0.269 e. The Balaban J connectivity index is 2.09. The number of nitrogens with zero attached hydrogens (tertiary/aromatic N) is 2. The summed E-state index contributed by atoms with van der Waals surface area (Å²) < 4.78 is 0. The van der Waals surface area contributed by atoms with Gasteiger partial charge in [0.1, 0.15) is 5.69 Å². The normalized spacial score (nSPS) is 10.5. The van der Waals surface area contributed by atoms with Gasteiger partial charge in [-0.2, -0.15) is 0 Å². The molecule has 2 aromatic rings. The van der Waals surface area contributed by atoms with Crippen molar-refractivity contribution in [2.24, 2.45) is 5.92 Å². The van der Waals surface area contributed by atoms with Crippen molar-refractivity contribution < 1.29 is 9.59 Å². The molecule has 0 spiro atoms. The van der Waals surface area contributed by atoms with Crippen LogP contribution in [0.4, 0.5) is 5.69 Å². The second kappa shape index (κ2) is 8.24. The first kappa shape index (κ1) is 17.7. The number of carbonyl (C=O) groups excluding carboxylic acids is 2. The fraction of sp³-hybridized carbons (Fsp3) is 0.316. The molecular weight excluding hydrogens is 302 g/mol. The zero-order valence-corrected chi connectivity index (χ0v) is 14.3. The first-order valence-corrected chi connectivity index (χ1v) is 8.06. The lowest BCUT2D eigenvalue weighted by molar-refractivity contribution is 0.0947. The number of amides is 2. The summed E-state index contributed by atoms with van der Waals surface area (Å²) in [4.78, 5) is 30.4. The molecule has 5 heteroatoms. The van der Waals surface area contributed by atoms with E-state index in [0.29, 0.717) is 18.0 Å². The van der Waals surface area contributed by atoms with E-state index in [1.807, 2.05) is 30.3 Å². The molecule has 126 valence electrons. The Kier molecular flexibility index (Phi) is 6.07. The van der Waals surface area contributed by atoms with Crippen LogP contribution in [-0.2, 0) is 0 Å². The predicted molar refractivity (Wildman–Crippen MR) is 95.2 cm³/mol. The molecule has 0 fully saturated rings. The van der Waals surface area contributed by atoms with Gasteiger partial charge in [0.15, 0.2) is 0 Å². The van der Waals surface area contributed by atoms with Gasteiger partial charge in [0.25, 0.3) is 11.8 Å². The molecule has 0 unspecified atom stereocenters. The van der Waals surface area contributed by atoms with Gasteiger partial charge in [0.05, 0.1) is 0 Å². The summed E-state index contributed by atoms with van der Waals surface area (Å²) in [5.74, 6) is 0.0817. The fourth-order valence-corrected chi connectivity index (χ4v) is 2.22. The first-order valence-electron chi connectivity index (χ1n) is 8.06. The predicted octanol–water partition coefficient (Wildman–Crippen LogP) is 3.13. The molecule has 0 aliphatic carbocycles. The van der Waals surface area contributed by atoms with Crippen LogP contribution in [0.2, 0.25) is 0 Å². The Labute approximate surface area is 142 Å². The van der Waals surface area contributed by atoms with Crippen molar-refractivity contribution in [3.8, 4) is 0 Å². The molecule has 1 N–H and O–H groups in total. The molecule has 24 heavy (non-hydrogen) atoms. The fourth-order valence-electron chi connectivity index (χ4n) is 2.22. The maximum atomic E-state index is 12.6. The Morgan fingerprint density at radius 3 is 2.54 bits per heavy atom. The topological polar surface area (TPSA) is 62.3 Å². The van der Waals surface area contributed by atoms with Crippen molar-refractivity contribution in [2.45, 2.75) is 20.3 Å². The third-order valence-corrected chi connectivity index (χ3v) is 3.69. The molecular formula is C19H23N3O2. The van der Waals surface area contributed by atoms with E-state index in [9.17, 15) is 9.59 Å². The van der Waals surface area contributed by atoms with Gasteiger partial charge in [-0.15, -0.1) is 0 Å². The molecule has 2 amide bonds. The highest BCUT2D eigenvalue weighted by atomic mass is 16.2. The SMILES string of the molecule is CC(C)CCNC(=O)c1cc(C(=O)N(C)c2ccccc2)ccn1. The molecule has 2 rings (SSSR count). The molecule has 0 aliphatic rings. The number of hydrogen-bond acceptors (Lipinski definition) is 3. The first-order chi connectivity index (χ1) is 11.5. The van der Waals surface area contributed by atoms with Gasteiger partial charge in [-0.3, -0.25) is 14.6 Å². The van der Waals surface area contributed by atoms with Gasteiger partial charge >= 0.3 is 0 Å². The molecule has 0 aliphatic heterocycles. The van der Waals surface area contributed by atoms with Gasteiger partial charge in [0.2, 0.25) is 0 Å². The smallest absolute Gasteiger partial charge is 0.269 e.